The second kappa shape index (κ2) is 6.57. The Bertz CT molecular complexity index is 461. The van der Waals surface area contributed by atoms with E-state index in [2.05, 4.69) is 0 Å². The Morgan fingerprint density at radius 2 is 2.10 bits per heavy atom. The monoisotopic (exact) mass is 299 g/mol. The van der Waals surface area contributed by atoms with Crippen molar-refractivity contribution in [2.24, 2.45) is 0 Å². The summed E-state index contributed by atoms with van der Waals surface area (Å²) in [4.78, 5) is 34.9. The Morgan fingerprint density at radius 3 is 2.67 bits per heavy atom. The first-order chi connectivity index (χ1) is 9.97. The van der Waals surface area contributed by atoms with E-state index < -0.39 is 36.5 Å². The molecule has 8 heteroatoms. The van der Waals surface area contributed by atoms with Crippen molar-refractivity contribution in [1.29, 1.82) is 0 Å². The molecular formula is C13H17NO7. The van der Waals surface area contributed by atoms with Crippen LogP contribution >= 0.6 is 0 Å². The second-order valence-electron chi connectivity index (χ2n) is 4.63. The van der Waals surface area contributed by atoms with Gasteiger partial charge in [0.05, 0.1) is 6.54 Å². The molecule has 2 heterocycles. The number of rotatable bonds is 4. The summed E-state index contributed by atoms with van der Waals surface area (Å²) in [7, 11) is 0. The lowest BCUT2D eigenvalue weighted by Gasteiger charge is -2.34. The van der Waals surface area contributed by atoms with Crippen LogP contribution in [0, 0.1) is 0 Å². The molecule has 0 aliphatic carbocycles. The average molecular weight is 299 g/mol. The zero-order chi connectivity index (χ0) is 15.4. The predicted molar refractivity (Wildman–Crippen MR) is 68.0 cm³/mol. The molecule has 2 aliphatic heterocycles. The molecule has 0 aromatic rings. The first-order valence-electron chi connectivity index (χ1n) is 6.55. The average Bonchev–Trinajstić information content (AvgIpc) is 2.83. The van der Waals surface area contributed by atoms with E-state index in [4.69, 9.17) is 18.9 Å². The standard InChI is InChI=1S/C13H17NO7/c1-8(15)19-7-11-10(20-9(2)16)3-4-12(21-11)14-5-6-18-13(14)17/h3-4,10-12H,5-7H2,1-2H3/t10-,11+,12-/m0/s1. The van der Waals surface area contributed by atoms with Gasteiger partial charge in [-0.25, -0.2) is 4.79 Å². The number of esters is 2. The lowest BCUT2D eigenvalue weighted by Crippen LogP contribution is -2.47. The Hall–Kier alpha value is -2.09. The van der Waals surface area contributed by atoms with Gasteiger partial charge in [0.2, 0.25) is 0 Å². The molecule has 0 saturated carbocycles. The smallest absolute Gasteiger partial charge is 0.412 e. The van der Waals surface area contributed by atoms with Gasteiger partial charge in [-0.1, -0.05) is 0 Å². The van der Waals surface area contributed by atoms with Crippen molar-refractivity contribution < 1.29 is 33.3 Å². The van der Waals surface area contributed by atoms with Crippen molar-refractivity contribution in [2.75, 3.05) is 19.8 Å². The second-order valence-corrected chi connectivity index (χ2v) is 4.63. The summed E-state index contributed by atoms with van der Waals surface area (Å²) >= 11 is 0. The minimum absolute atomic E-state index is 0.0724. The SMILES string of the molecule is CC(=O)OC[C@H]1O[C@H](N2CCOC2=O)C=C[C@@H]1OC(C)=O. The number of amides is 1. The van der Waals surface area contributed by atoms with Crippen molar-refractivity contribution in [3.05, 3.63) is 12.2 Å². The number of carbonyl (C=O) groups is 3. The third kappa shape index (κ3) is 3.94. The normalized spacial score (nSPS) is 28.2. The third-order valence-electron chi connectivity index (χ3n) is 3.00. The Kier molecular flexibility index (Phi) is 4.79. The first kappa shape index (κ1) is 15.3. The molecule has 1 amide bonds. The molecule has 3 atom stereocenters. The van der Waals surface area contributed by atoms with Crippen LogP contribution in [0.1, 0.15) is 13.8 Å². The van der Waals surface area contributed by atoms with Gasteiger partial charge in [0.15, 0.2) is 6.23 Å². The molecule has 0 spiro atoms. The lowest BCUT2D eigenvalue weighted by atomic mass is 10.1. The van der Waals surface area contributed by atoms with Gasteiger partial charge in [-0.3, -0.25) is 14.5 Å². The zero-order valence-electron chi connectivity index (χ0n) is 11.8. The molecule has 0 aromatic heterocycles. The minimum Gasteiger partial charge on any atom is -0.463 e. The van der Waals surface area contributed by atoms with Crippen LogP contribution in [0.4, 0.5) is 4.79 Å². The quantitative estimate of drug-likeness (QED) is 0.416. The van der Waals surface area contributed by atoms with Gasteiger partial charge < -0.3 is 18.9 Å². The van der Waals surface area contributed by atoms with Crippen LogP contribution in [0.25, 0.3) is 0 Å². The molecule has 0 N–H and O–H groups in total. The molecule has 2 aliphatic rings. The van der Waals surface area contributed by atoms with Crippen molar-refractivity contribution in [1.82, 2.24) is 4.90 Å². The molecule has 1 saturated heterocycles. The number of ether oxygens (including phenoxy) is 4. The summed E-state index contributed by atoms with van der Waals surface area (Å²) in [6.07, 6.45) is 0.784. The van der Waals surface area contributed by atoms with Crippen molar-refractivity contribution in [3.63, 3.8) is 0 Å². The van der Waals surface area contributed by atoms with E-state index >= 15 is 0 Å². The maximum absolute atomic E-state index is 11.5. The number of nitrogens with zero attached hydrogens (tertiary/aromatic N) is 1. The van der Waals surface area contributed by atoms with Crippen molar-refractivity contribution >= 4 is 18.0 Å². The van der Waals surface area contributed by atoms with Crippen LogP contribution in [0.15, 0.2) is 12.2 Å². The van der Waals surface area contributed by atoms with Crippen LogP contribution in [0.2, 0.25) is 0 Å². The molecule has 0 unspecified atom stereocenters. The number of carbonyl (C=O) groups excluding carboxylic acids is 3. The fraction of sp³-hybridized carbons (Fsp3) is 0.615. The fourth-order valence-corrected chi connectivity index (χ4v) is 2.08. The van der Waals surface area contributed by atoms with E-state index in [0.717, 1.165) is 0 Å². The highest BCUT2D eigenvalue weighted by Gasteiger charge is 2.37. The summed E-state index contributed by atoms with van der Waals surface area (Å²) in [6.45, 7) is 3.19. The maximum atomic E-state index is 11.5. The van der Waals surface area contributed by atoms with E-state index in [0.29, 0.717) is 13.2 Å². The van der Waals surface area contributed by atoms with Gasteiger partial charge in [0, 0.05) is 13.8 Å². The third-order valence-corrected chi connectivity index (χ3v) is 3.00. The topological polar surface area (TPSA) is 91.4 Å². The van der Waals surface area contributed by atoms with E-state index in [1.807, 2.05) is 0 Å². The Labute approximate surface area is 121 Å². The molecular weight excluding hydrogens is 282 g/mol. The van der Waals surface area contributed by atoms with Gasteiger partial charge in [-0.2, -0.15) is 0 Å². The van der Waals surface area contributed by atoms with Gasteiger partial charge in [0.1, 0.15) is 25.4 Å². The van der Waals surface area contributed by atoms with Crippen LogP contribution < -0.4 is 0 Å². The summed E-state index contributed by atoms with van der Waals surface area (Å²) in [5, 5.41) is 0. The summed E-state index contributed by atoms with van der Waals surface area (Å²) in [5.41, 5.74) is 0. The molecule has 116 valence electrons. The van der Waals surface area contributed by atoms with Gasteiger partial charge in [-0.05, 0) is 12.2 Å². The molecule has 0 radical (unpaired) electrons. The molecule has 0 bridgehead atoms. The van der Waals surface area contributed by atoms with Gasteiger partial charge in [-0.15, -0.1) is 0 Å². The number of hydrogen-bond acceptors (Lipinski definition) is 7. The first-order valence-corrected chi connectivity index (χ1v) is 6.55. The number of hydrogen-bond donors (Lipinski definition) is 0. The fourth-order valence-electron chi connectivity index (χ4n) is 2.08. The summed E-state index contributed by atoms with van der Waals surface area (Å²) in [6, 6.07) is 0. The van der Waals surface area contributed by atoms with E-state index in [-0.39, 0.29) is 6.61 Å². The largest absolute Gasteiger partial charge is 0.463 e. The zero-order valence-corrected chi connectivity index (χ0v) is 11.8. The Balaban J connectivity index is 2.06. The summed E-state index contributed by atoms with van der Waals surface area (Å²) in [5.74, 6) is -0.938. The highest BCUT2D eigenvalue weighted by atomic mass is 16.6. The Morgan fingerprint density at radius 1 is 1.33 bits per heavy atom. The molecule has 0 aromatic carbocycles. The number of cyclic esters (lactones) is 1. The molecule has 2 rings (SSSR count). The highest BCUT2D eigenvalue weighted by Crippen LogP contribution is 2.21. The summed E-state index contributed by atoms with van der Waals surface area (Å²) < 4.78 is 20.5. The van der Waals surface area contributed by atoms with Gasteiger partial charge >= 0.3 is 18.0 Å². The predicted octanol–water partition coefficient (Wildman–Crippen LogP) is 0.214. The maximum Gasteiger partial charge on any atom is 0.412 e. The van der Waals surface area contributed by atoms with Crippen LogP contribution in [0.5, 0.6) is 0 Å². The van der Waals surface area contributed by atoms with Crippen LogP contribution in [-0.4, -0.2) is 61.1 Å². The van der Waals surface area contributed by atoms with Crippen molar-refractivity contribution in [3.8, 4) is 0 Å². The van der Waals surface area contributed by atoms with Crippen molar-refractivity contribution in [2.45, 2.75) is 32.3 Å². The van der Waals surface area contributed by atoms with E-state index in [1.54, 1.807) is 12.2 Å². The van der Waals surface area contributed by atoms with Crippen LogP contribution in [0.3, 0.4) is 0 Å². The minimum atomic E-state index is -0.679. The van der Waals surface area contributed by atoms with E-state index in [1.165, 1.54) is 18.7 Å². The van der Waals surface area contributed by atoms with E-state index in [9.17, 15) is 14.4 Å². The van der Waals surface area contributed by atoms with Crippen LogP contribution in [-0.2, 0) is 28.5 Å². The molecule has 1 fully saturated rings. The van der Waals surface area contributed by atoms with Gasteiger partial charge in [0.25, 0.3) is 0 Å². The lowest BCUT2D eigenvalue weighted by molar-refractivity contribution is -0.170. The molecule has 21 heavy (non-hydrogen) atoms. The molecule has 8 nitrogen and oxygen atoms in total. The highest BCUT2D eigenvalue weighted by molar-refractivity contribution is 5.70.